The molecule has 5 nitrogen and oxygen atoms in total. The van der Waals surface area contributed by atoms with Crippen LogP contribution in [0.5, 0.6) is 0 Å². The summed E-state index contributed by atoms with van der Waals surface area (Å²) < 4.78 is 0. The molecule has 2 amide bonds. The lowest BCUT2D eigenvalue weighted by Crippen LogP contribution is -2.35. The molecular weight excluding hydrogens is 358 g/mol. The van der Waals surface area contributed by atoms with Crippen molar-refractivity contribution in [2.45, 2.75) is 52.0 Å². The van der Waals surface area contributed by atoms with Crippen molar-refractivity contribution in [3.05, 3.63) is 44.9 Å². The molecule has 2 saturated heterocycles. The normalized spacial score (nSPS) is 20.3. The molecule has 2 aliphatic heterocycles. The van der Waals surface area contributed by atoms with Crippen LogP contribution < -0.4 is 0 Å². The highest BCUT2D eigenvalue weighted by molar-refractivity contribution is 7.14. The molecule has 0 saturated carbocycles. The van der Waals surface area contributed by atoms with Gasteiger partial charge in [0.15, 0.2) is 0 Å². The van der Waals surface area contributed by atoms with Gasteiger partial charge in [0, 0.05) is 30.2 Å². The minimum atomic E-state index is 0.0698. The van der Waals surface area contributed by atoms with Crippen molar-refractivity contribution in [2.24, 2.45) is 0 Å². The predicted octanol–water partition coefficient (Wildman–Crippen LogP) is 4.30. The number of aryl methyl sites for hydroxylation is 2. The van der Waals surface area contributed by atoms with Crippen molar-refractivity contribution in [3.8, 4) is 0 Å². The van der Waals surface area contributed by atoms with Gasteiger partial charge in [-0.1, -0.05) is 0 Å². The molecule has 144 valence electrons. The number of rotatable bonds is 3. The Balaban J connectivity index is 1.52. The molecule has 2 aromatic heterocycles. The second kappa shape index (κ2) is 7.50. The van der Waals surface area contributed by atoms with Crippen molar-refractivity contribution >= 4 is 23.2 Å². The third kappa shape index (κ3) is 3.55. The highest BCUT2D eigenvalue weighted by Gasteiger charge is 2.33. The van der Waals surface area contributed by atoms with E-state index in [1.807, 2.05) is 41.8 Å². The number of likely N-dealkylation sites (tertiary alicyclic amines) is 2. The van der Waals surface area contributed by atoms with E-state index < -0.39 is 0 Å². The first-order chi connectivity index (χ1) is 13.0. The fourth-order valence-electron chi connectivity index (χ4n) is 4.30. The molecule has 4 rings (SSSR count). The van der Waals surface area contributed by atoms with E-state index in [0.717, 1.165) is 66.3 Å². The number of thiophene rings is 1. The second-order valence-corrected chi connectivity index (χ2v) is 8.84. The van der Waals surface area contributed by atoms with E-state index >= 15 is 0 Å². The second-order valence-electron chi connectivity index (χ2n) is 7.72. The Morgan fingerprint density at radius 3 is 2.52 bits per heavy atom. The largest absolute Gasteiger partial charge is 0.354 e. The van der Waals surface area contributed by atoms with Crippen LogP contribution in [-0.2, 0) is 0 Å². The minimum Gasteiger partial charge on any atom is -0.354 e. The summed E-state index contributed by atoms with van der Waals surface area (Å²) in [5.41, 5.74) is 2.70. The molecule has 1 N–H and O–H groups in total. The van der Waals surface area contributed by atoms with Gasteiger partial charge < -0.3 is 14.8 Å². The lowest BCUT2D eigenvalue weighted by molar-refractivity contribution is 0.0724. The standard InChI is InChI=1S/C21H27N3O2S/c1-14-13-15(2)22-19(14)21(26)24-12-6-7-16(24)17-8-9-18(27-17)20(25)23-10-4-3-5-11-23/h8-9,13,16,22H,3-7,10-12H2,1-2H3/t16-/m0/s1. The van der Waals surface area contributed by atoms with Gasteiger partial charge in [0.1, 0.15) is 5.69 Å². The van der Waals surface area contributed by atoms with E-state index in [0.29, 0.717) is 5.69 Å². The number of hydrogen-bond donors (Lipinski definition) is 1. The summed E-state index contributed by atoms with van der Waals surface area (Å²) in [5, 5.41) is 0. The highest BCUT2D eigenvalue weighted by atomic mass is 32.1. The lowest BCUT2D eigenvalue weighted by atomic mass is 10.1. The van der Waals surface area contributed by atoms with Gasteiger partial charge in [0.2, 0.25) is 0 Å². The van der Waals surface area contributed by atoms with Crippen LogP contribution in [0.15, 0.2) is 18.2 Å². The van der Waals surface area contributed by atoms with Crippen LogP contribution in [0, 0.1) is 13.8 Å². The zero-order valence-electron chi connectivity index (χ0n) is 16.1. The first-order valence-corrected chi connectivity index (χ1v) is 10.7. The van der Waals surface area contributed by atoms with Crippen LogP contribution in [0.1, 0.15) is 74.4 Å². The van der Waals surface area contributed by atoms with Crippen LogP contribution in [0.4, 0.5) is 0 Å². The maximum absolute atomic E-state index is 13.1. The molecule has 0 unspecified atom stereocenters. The zero-order chi connectivity index (χ0) is 19.0. The van der Waals surface area contributed by atoms with Gasteiger partial charge in [-0.2, -0.15) is 0 Å². The van der Waals surface area contributed by atoms with Gasteiger partial charge in [-0.25, -0.2) is 0 Å². The summed E-state index contributed by atoms with van der Waals surface area (Å²) >= 11 is 1.56. The fourth-order valence-corrected chi connectivity index (χ4v) is 5.42. The number of carbonyl (C=O) groups excluding carboxylic acids is 2. The number of carbonyl (C=O) groups is 2. The highest BCUT2D eigenvalue weighted by Crippen LogP contribution is 2.37. The molecule has 0 bridgehead atoms. The number of aromatic nitrogens is 1. The summed E-state index contributed by atoms with van der Waals surface area (Å²) in [6.45, 7) is 6.46. The van der Waals surface area contributed by atoms with Gasteiger partial charge >= 0.3 is 0 Å². The predicted molar refractivity (Wildman–Crippen MR) is 107 cm³/mol. The number of aromatic amines is 1. The molecule has 0 aliphatic carbocycles. The number of H-pyrrole nitrogens is 1. The van der Waals surface area contributed by atoms with Gasteiger partial charge in [-0.05, 0) is 69.7 Å². The monoisotopic (exact) mass is 385 g/mol. The van der Waals surface area contributed by atoms with E-state index in [9.17, 15) is 9.59 Å². The quantitative estimate of drug-likeness (QED) is 0.856. The third-order valence-corrected chi connectivity index (χ3v) is 6.86. The average Bonchev–Trinajstić information content (AvgIpc) is 3.40. The molecule has 4 heterocycles. The number of piperidine rings is 1. The Bertz CT molecular complexity index is 847. The summed E-state index contributed by atoms with van der Waals surface area (Å²) in [6.07, 6.45) is 5.38. The average molecular weight is 386 g/mol. The maximum Gasteiger partial charge on any atom is 0.271 e. The third-order valence-electron chi connectivity index (χ3n) is 5.69. The van der Waals surface area contributed by atoms with Crippen molar-refractivity contribution in [1.82, 2.24) is 14.8 Å². The summed E-state index contributed by atoms with van der Waals surface area (Å²) in [7, 11) is 0. The van der Waals surface area contributed by atoms with Crippen molar-refractivity contribution in [3.63, 3.8) is 0 Å². The molecular formula is C21H27N3O2S. The lowest BCUT2D eigenvalue weighted by Gasteiger charge is -2.26. The van der Waals surface area contributed by atoms with Gasteiger partial charge in [-0.15, -0.1) is 11.3 Å². The van der Waals surface area contributed by atoms with E-state index in [-0.39, 0.29) is 17.9 Å². The van der Waals surface area contributed by atoms with Gasteiger partial charge in [0.25, 0.3) is 11.8 Å². The number of amides is 2. The zero-order valence-corrected chi connectivity index (χ0v) is 16.9. The molecule has 1 atom stereocenters. The van der Waals surface area contributed by atoms with Crippen LogP contribution in [0.3, 0.4) is 0 Å². The summed E-state index contributed by atoms with van der Waals surface area (Å²) in [4.78, 5) is 34.9. The van der Waals surface area contributed by atoms with Crippen LogP contribution in [0.2, 0.25) is 0 Å². The molecule has 2 aliphatic rings. The number of nitrogens with zero attached hydrogens (tertiary/aromatic N) is 2. The van der Waals surface area contributed by atoms with Crippen LogP contribution in [-0.4, -0.2) is 46.2 Å². The first kappa shape index (κ1) is 18.3. The molecule has 2 aromatic rings. The molecule has 6 heteroatoms. The van der Waals surface area contributed by atoms with Crippen molar-refractivity contribution < 1.29 is 9.59 Å². The Labute approximate surface area is 164 Å². The Hall–Kier alpha value is -2.08. The van der Waals surface area contributed by atoms with Crippen LogP contribution >= 0.6 is 11.3 Å². The molecule has 0 spiro atoms. The van der Waals surface area contributed by atoms with Crippen LogP contribution in [0.25, 0.3) is 0 Å². The maximum atomic E-state index is 13.1. The molecule has 0 aromatic carbocycles. The van der Waals surface area contributed by atoms with Gasteiger partial charge in [0.05, 0.1) is 10.9 Å². The number of hydrogen-bond acceptors (Lipinski definition) is 3. The van der Waals surface area contributed by atoms with Gasteiger partial charge in [-0.3, -0.25) is 9.59 Å². The van der Waals surface area contributed by atoms with E-state index in [1.165, 1.54) is 6.42 Å². The molecule has 2 fully saturated rings. The Morgan fingerprint density at radius 1 is 1.04 bits per heavy atom. The fraction of sp³-hybridized carbons (Fsp3) is 0.524. The minimum absolute atomic E-state index is 0.0698. The Kier molecular flexibility index (Phi) is 5.08. The molecule has 27 heavy (non-hydrogen) atoms. The van der Waals surface area contributed by atoms with Crippen molar-refractivity contribution in [2.75, 3.05) is 19.6 Å². The summed E-state index contributed by atoms with van der Waals surface area (Å²) in [5.74, 6) is 0.220. The topological polar surface area (TPSA) is 56.4 Å². The summed E-state index contributed by atoms with van der Waals surface area (Å²) in [6, 6.07) is 6.08. The van der Waals surface area contributed by atoms with E-state index in [2.05, 4.69) is 4.98 Å². The van der Waals surface area contributed by atoms with E-state index in [4.69, 9.17) is 0 Å². The SMILES string of the molecule is Cc1cc(C)c(C(=O)N2CCC[C@H]2c2ccc(C(=O)N3CCCCC3)s2)[nH]1. The Morgan fingerprint density at radius 2 is 1.81 bits per heavy atom. The first-order valence-electron chi connectivity index (χ1n) is 9.91. The number of nitrogens with one attached hydrogen (secondary N) is 1. The smallest absolute Gasteiger partial charge is 0.271 e. The van der Waals surface area contributed by atoms with Crippen molar-refractivity contribution in [1.29, 1.82) is 0 Å². The van der Waals surface area contributed by atoms with E-state index in [1.54, 1.807) is 11.3 Å². The molecule has 0 radical (unpaired) electrons.